The molecule has 0 radical (unpaired) electrons. The number of alkyl halides is 1. The highest BCUT2D eigenvalue weighted by molar-refractivity contribution is 9.10. The Kier molecular flexibility index (Phi) is 5.32. The molecule has 2 nitrogen and oxygen atoms in total. The molecule has 0 aliphatic carbocycles. The SMILES string of the molecule is CCC(Br)C(=O)NC(CC)c1cccs1. The lowest BCUT2D eigenvalue weighted by atomic mass is 10.2. The van der Waals surface area contributed by atoms with Crippen LogP contribution in [-0.2, 0) is 4.79 Å². The highest BCUT2D eigenvalue weighted by Gasteiger charge is 2.17. The molecule has 0 bridgehead atoms. The maximum absolute atomic E-state index is 11.7. The maximum atomic E-state index is 11.7. The third kappa shape index (κ3) is 3.61. The predicted octanol–water partition coefficient (Wildman–Crippen LogP) is 3.49. The number of hydrogen-bond donors (Lipinski definition) is 1. The summed E-state index contributed by atoms with van der Waals surface area (Å²) in [6.07, 6.45) is 1.74. The molecule has 2 unspecified atom stereocenters. The first-order valence-corrected chi connectivity index (χ1v) is 6.96. The third-order valence-corrected chi connectivity index (χ3v) is 4.30. The van der Waals surface area contributed by atoms with E-state index < -0.39 is 0 Å². The van der Waals surface area contributed by atoms with Crippen LogP contribution in [0.3, 0.4) is 0 Å². The highest BCUT2D eigenvalue weighted by Crippen LogP contribution is 2.22. The van der Waals surface area contributed by atoms with Gasteiger partial charge in [-0.15, -0.1) is 11.3 Å². The minimum atomic E-state index is -0.0773. The average molecular weight is 290 g/mol. The van der Waals surface area contributed by atoms with E-state index in [1.807, 2.05) is 18.4 Å². The fraction of sp³-hybridized carbons (Fsp3) is 0.545. The number of carbonyl (C=O) groups excluding carboxylic acids is 1. The van der Waals surface area contributed by atoms with Crippen LogP contribution in [0.2, 0.25) is 0 Å². The Morgan fingerprint density at radius 2 is 2.27 bits per heavy atom. The van der Waals surface area contributed by atoms with Crippen molar-refractivity contribution in [2.45, 2.75) is 37.6 Å². The van der Waals surface area contributed by atoms with Crippen molar-refractivity contribution in [3.05, 3.63) is 22.4 Å². The first-order valence-electron chi connectivity index (χ1n) is 5.16. The fourth-order valence-electron chi connectivity index (χ4n) is 1.31. The van der Waals surface area contributed by atoms with Crippen LogP contribution in [0.4, 0.5) is 0 Å². The van der Waals surface area contributed by atoms with Gasteiger partial charge in [-0.1, -0.05) is 35.8 Å². The van der Waals surface area contributed by atoms with Crippen LogP contribution >= 0.6 is 27.3 Å². The zero-order valence-electron chi connectivity index (χ0n) is 9.00. The van der Waals surface area contributed by atoms with Gasteiger partial charge in [-0.2, -0.15) is 0 Å². The van der Waals surface area contributed by atoms with E-state index in [0.717, 1.165) is 12.8 Å². The minimum absolute atomic E-state index is 0.0773. The van der Waals surface area contributed by atoms with Crippen molar-refractivity contribution in [3.63, 3.8) is 0 Å². The number of amides is 1. The molecule has 0 aromatic carbocycles. The van der Waals surface area contributed by atoms with E-state index in [-0.39, 0.29) is 16.8 Å². The van der Waals surface area contributed by atoms with Gasteiger partial charge in [0, 0.05) is 4.88 Å². The number of carbonyl (C=O) groups is 1. The molecule has 1 aromatic rings. The van der Waals surface area contributed by atoms with E-state index >= 15 is 0 Å². The van der Waals surface area contributed by atoms with Crippen LogP contribution < -0.4 is 5.32 Å². The summed E-state index contributed by atoms with van der Waals surface area (Å²) in [6, 6.07) is 4.23. The van der Waals surface area contributed by atoms with Crippen molar-refractivity contribution >= 4 is 33.2 Å². The molecule has 1 heterocycles. The van der Waals surface area contributed by atoms with E-state index in [0.29, 0.717) is 0 Å². The van der Waals surface area contributed by atoms with Crippen LogP contribution in [0.1, 0.15) is 37.6 Å². The molecule has 84 valence electrons. The summed E-state index contributed by atoms with van der Waals surface area (Å²) in [5.74, 6) is 0.0813. The molecule has 4 heteroatoms. The summed E-state index contributed by atoms with van der Waals surface area (Å²) in [4.78, 5) is 12.8. The monoisotopic (exact) mass is 289 g/mol. The van der Waals surface area contributed by atoms with Gasteiger partial charge >= 0.3 is 0 Å². The second-order valence-electron chi connectivity index (χ2n) is 3.36. The number of rotatable bonds is 5. The molecule has 0 aliphatic heterocycles. The van der Waals surface area contributed by atoms with Crippen LogP contribution in [-0.4, -0.2) is 10.7 Å². The predicted molar refractivity (Wildman–Crippen MR) is 68.5 cm³/mol. The van der Waals surface area contributed by atoms with Gasteiger partial charge in [-0.05, 0) is 24.3 Å². The van der Waals surface area contributed by atoms with Crippen LogP contribution in [0.25, 0.3) is 0 Å². The Balaban J connectivity index is 2.58. The third-order valence-electron chi connectivity index (χ3n) is 2.25. The van der Waals surface area contributed by atoms with Gasteiger partial charge in [0.2, 0.25) is 5.91 Å². The molecule has 0 saturated heterocycles. The molecule has 0 fully saturated rings. The van der Waals surface area contributed by atoms with Crippen molar-refractivity contribution in [2.75, 3.05) is 0 Å². The van der Waals surface area contributed by atoms with Crippen molar-refractivity contribution < 1.29 is 4.79 Å². The van der Waals surface area contributed by atoms with E-state index in [1.54, 1.807) is 11.3 Å². The Labute approximate surface area is 103 Å². The maximum Gasteiger partial charge on any atom is 0.234 e. The quantitative estimate of drug-likeness (QED) is 0.826. The average Bonchev–Trinajstić information content (AvgIpc) is 2.77. The van der Waals surface area contributed by atoms with Crippen molar-refractivity contribution in [2.24, 2.45) is 0 Å². The lowest BCUT2D eigenvalue weighted by Gasteiger charge is -2.17. The standard InChI is InChI=1S/C11H16BrNOS/c1-3-8(12)11(14)13-9(4-2)10-6-5-7-15-10/h5-9H,3-4H2,1-2H3,(H,13,14). The first-order chi connectivity index (χ1) is 7.19. The highest BCUT2D eigenvalue weighted by atomic mass is 79.9. The number of hydrogen-bond acceptors (Lipinski definition) is 2. The van der Waals surface area contributed by atoms with Crippen molar-refractivity contribution in [1.29, 1.82) is 0 Å². The Hall–Kier alpha value is -0.350. The smallest absolute Gasteiger partial charge is 0.234 e. The number of halogens is 1. The molecule has 1 rings (SSSR count). The van der Waals surface area contributed by atoms with Crippen LogP contribution in [0, 0.1) is 0 Å². The molecule has 15 heavy (non-hydrogen) atoms. The fourth-order valence-corrected chi connectivity index (χ4v) is 2.30. The molecule has 0 aliphatic rings. The molecule has 1 N–H and O–H groups in total. The first kappa shape index (κ1) is 12.7. The van der Waals surface area contributed by atoms with Gasteiger partial charge < -0.3 is 5.32 Å². The summed E-state index contributed by atoms with van der Waals surface area (Å²) in [6.45, 7) is 4.07. The normalized spacial score (nSPS) is 14.6. The van der Waals surface area contributed by atoms with Gasteiger partial charge in [-0.25, -0.2) is 0 Å². The summed E-state index contributed by atoms with van der Waals surface area (Å²) in [5, 5.41) is 5.08. The zero-order chi connectivity index (χ0) is 11.3. The zero-order valence-corrected chi connectivity index (χ0v) is 11.4. The molecular formula is C11H16BrNOS. The Morgan fingerprint density at radius 1 is 1.53 bits per heavy atom. The van der Waals surface area contributed by atoms with Crippen LogP contribution in [0.15, 0.2) is 17.5 Å². The Morgan fingerprint density at radius 3 is 2.73 bits per heavy atom. The van der Waals surface area contributed by atoms with E-state index in [1.165, 1.54) is 4.88 Å². The van der Waals surface area contributed by atoms with Crippen LogP contribution in [0.5, 0.6) is 0 Å². The van der Waals surface area contributed by atoms with Crippen molar-refractivity contribution in [3.8, 4) is 0 Å². The largest absolute Gasteiger partial charge is 0.348 e. The van der Waals surface area contributed by atoms with Gasteiger partial charge in [0.15, 0.2) is 0 Å². The van der Waals surface area contributed by atoms with Gasteiger partial charge in [0.25, 0.3) is 0 Å². The number of thiophene rings is 1. The summed E-state index contributed by atoms with van der Waals surface area (Å²) < 4.78 is 0. The minimum Gasteiger partial charge on any atom is -0.348 e. The molecule has 0 spiro atoms. The van der Waals surface area contributed by atoms with Gasteiger partial charge in [0.05, 0.1) is 10.9 Å². The molecule has 2 atom stereocenters. The van der Waals surface area contributed by atoms with E-state index in [2.05, 4.69) is 34.2 Å². The summed E-state index contributed by atoms with van der Waals surface area (Å²) in [7, 11) is 0. The van der Waals surface area contributed by atoms with Crippen molar-refractivity contribution in [1.82, 2.24) is 5.32 Å². The Bertz CT molecular complexity index is 300. The molecule has 1 aromatic heterocycles. The molecular weight excluding hydrogens is 274 g/mol. The second-order valence-corrected chi connectivity index (χ2v) is 5.45. The molecule has 0 saturated carbocycles. The molecule has 1 amide bonds. The lowest BCUT2D eigenvalue weighted by Crippen LogP contribution is -2.33. The van der Waals surface area contributed by atoms with Gasteiger partial charge in [0.1, 0.15) is 0 Å². The lowest BCUT2D eigenvalue weighted by molar-refractivity contribution is -0.121. The topological polar surface area (TPSA) is 29.1 Å². The van der Waals surface area contributed by atoms with E-state index in [9.17, 15) is 4.79 Å². The summed E-state index contributed by atoms with van der Waals surface area (Å²) in [5.41, 5.74) is 0. The summed E-state index contributed by atoms with van der Waals surface area (Å²) >= 11 is 5.04. The van der Waals surface area contributed by atoms with E-state index in [4.69, 9.17) is 0 Å². The number of nitrogens with one attached hydrogen (secondary N) is 1. The second kappa shape index (κ2) is 6.28. The van der Waals surface area contributed by atoms with Gasteiger partial charge in [-0.3, -0.25) is 4.79 Å².